The molecular formula is C37H24N6. The van der Waals surface area contributed by atoms with Crippen LogP contribution in [0, 0.1) is 0 Å². The Hall–Kier alpha value is -6.01. The first-order valence-corrected chi connectivity index (χ1v) is 14.3. The minimum absolute atomic E-state index is 0.578. The van der Waals surface area contributed by atoms with Gasteiger partial charge in [-0.05, 0) is 36.4 Å². The molecule has 6 nitrogen and oxygen atoms in total. The zero-order chi connectivity index (χ0) is 28.3. The highest BCUT2D eigenvalue weighted by molar-refractivity contribution is 6.09. The second kappa shape index (κ2) is 9.26. The maximum Gasteiger partial charge on any atom is 0.238 e. The molecule has 9 rings (SSSR count). The van der Waals surface area contributed by atoms with Crippen molar-refractivity contribution < 1.29 is 0 Å². The van der Waals surface area contributed by atoms with Gasteiger partial charge in [0.25, 0.3) is 0 Å². The van der Waals surface area contributed by atoms with E-state index in [0.29, 0.717) is 5.95 Å². The van der Waals surface area contributed by atoms with Gasteiger partial charge in [0.2, 0.25) is 11.7 Å². The smallest absolute Gasteiger partial charge is 0.238 e. The SMILES string of the molecule is c1ccc(-c2cc(-c3ccccc3)nc(-n3c4ccccc4n4c3nc3c5ccccc5n(-c5ccccc5)c34)n2)cc1. The fraction of sp³-hybridized carbons (Fsp3) is 0. The van der Waals surface area contributed by atoms with E-state index < -0.39 is 0 Å². The van der Waals surface area contributed by atoms with Gasteiger partial charge in [-0.1, -0.05) is 109 Å². The second-order valence-electron chi connectivity index (χ2n) is 10.6. The molecule has 0 spiro atoms. The van der Waals surface area contributed by atoms with Crippen LogP contribution in [0.4, 0.5) is 0 Å². The number of nitrogens with zero attached hydrogens (tertiary/aromatic N) is 6. The molecule has 0 bridgehead atoms. The van der Waals surface area contributed by atoms with Gasteiger partial charge in [-0.2, -0.15) is 0 Å². The van der Waals surface area contributed by atoms with E-state index in [0.717, 1.165) is 67.1 Å². The molecule has 4 aromatic heterocycles. The summed E-state index contributed by atoms with van der Waals surface area (Å²) in [6.07, 6.45) is 0. The summed E-state index contributed by atoms with van der Waals surface area (Å²) < 4.78 is 6.65. The van der Waals surface area contributed by atoms with Gasteiger partial charge in [0.15, 0.2) is 5.65 Å². The van der Waals surface area contributed by atoms with E-state index in [4.69, 9.17) is 15.0 Å². The highest BCUT2D eigenvalue weighted by atomic mass is 15.3. The van der Waals surface area contributed by atoms with Gasteiger partial charge >= 0.3 is 0 Å². The number of aromatic nitrogens is 6. The van der Waals surface area contributed by atoms with Crippen LogP contribution in [0.2, 0.25) is 0 Å². The fourth-order valence-electron chi connectivity index (χ4n) is 6.18. The monoisotopic (exact) mass is 552 g/mol. The third-order valence-corrected chi connectivity index (χ3v) is 8.08. The van der Waals surface area contributed by atoms with E-state index in [1.807, 2.05) is 42.5 Å². The van der Waals surface area contributed by atoms with E-state index in [1.165, 1.54) is 0 Å². The van der Waals surface area contributed by atoms with E-state index >= 15 is 0 Å². The molecule has 43 heavy (non-hydrogen) atoms. The van der Waals surface area contributed by atoms with Crippen molar-refractivity contribution in [1.82, 2.24) is 28.5 Å². The van der Waals surface area contributed by atoms with Gasteiger partial charge in [0.05, 0.1) is 27.9 Å². The van der Waals surface area contributed by atoms with Crippen LogP contribution in [0.15, 0.2) is 146 Å². The van der Waals surface area contributed by atoms with Crippen LogP contribution in [0.25, 0.3) is 73.0 Å². The van der Waals surface area contributed by atoms with Crippen LogP contribution in [-0.2, 0) is 0 Å². The van der Waals surface area contributed by atoms with E-state index in [9.17, 15) is 0 Å². The third-order valence-electron chi connectivity index (χ3n) is 8.08. The molecule has 0 aliphatic rings. The highest BCUT2D eigenvalue weighted by Gasteiger charge is 2.24. The Morgan fingerprint density at radius 1 is 0.442 bits per heavy atom. The number of hydrogen-bond acceptors (Lipinski definition) is 3. The number of para-hydroxylation sites is 4. The summed E-state index contributed by atoms with van der Waals surface area (Å²) in [7, 11) is 0. The van der Waals surface area contributed by atoms with E-state index in [-0.39, 0.29) is 0 Å². The van der Waals surface area contributed by atoms with Crippen LogP contribution in [0.1, 0.15) is 0 Å². The van der Waals surface area contributed by atoms with Crippen molar-refractivity contribution >= 4 is 38.9 Å². The molecule has 0 radical (unpaired) electrons. The first kappa shape index (κ1) is 23.7. The molecule has 6 heteroatoms. The van der Waals surface area contributed by atoms with Crippen LogP contribution in [0.5, 0.6) is 0 Å². The normalized spacial score (nSPS) is 11.7. The number of fused-ring (bicyclic) bond motifs is 7. The Morgan fingerprint density at radius 2 is 0.977 bits per heavy atom. The second-order valence-corrected chi connectivity index (χ2v) is 10.6. The van der Waals surface area contributed by atoms with Crippen molar-refractivity contribution in [3.8, 4) is 34.2 Å². The molecule has 0 amide bonds. The maximum absolute atomic E-state index is 5.33. The summed E-state index contributed by atoms with van der Waals surface area (Å²) >= 11 is 0. The average molecular weight is 553 g/mol. The summed E-state index contributed by atoms with van der Waals surface area (Å²) in [4.78, 5) is 15.7. The lowest BCUT2D eigenvalue weighted by molar-refractivity contribution is 0.969. The molecule has 5 aromatic carbocycles. The quantitative estimate of drug-likeness (QED) is 0.220. The molecule has 0 aliphatic carbocycles. The minimum atomic E-state index is 0.578. The van der Waals surface area contributed by atoms with E-state index in [1.54, 1.807) is 0 Å². The Morgan fingerprint density at radius 3 is 1.63 bits per heavy atom. The number of hydrogen-bond donors (Lipinski definition) is 0. The zero-order valence-corrected chi connectivity index (χ0v) is 23.0. The highest BCUT2D eigenvalue weighted by Crippen LogP contribution is 2.36. The van der Waals surface area contributed by atoms with Crippen molar-refractivity contribution in [1.29, 1.82) is 0 Å². The number of rotatable bonds is 4. The summed E-state index contributed by atoms with van der Waals surface area (Å²) in [6, 6.07) is 50.0. The van der Waals surface area contributed by atoms with Crippen molar-refractivity contribution in [2.24, 2.45) is 0 Å². The van der Waals surface area contributed by atoms with Crippen molar-refractivity contribution in [2.45, 2.75) is 0 Å². The van der Waals surface area contributed by atoms with Crippen LogP contribution in [0.3, 0.4) is 0 Å². The Labute approximate surface area is 246 Å². The van der Waals surface area contributed by atoms with Gasteiger partial charge in [-0.15, -0.1) is 0 Å². The molecule has 0 atom stereocenters. The Kier molecular flexibility index (Phi) is 5.10. The van der Waals surface area contributed by atoms with Gasteiger partial charge < -0.3 is 0 Å². The fourth-order valence-corrected chi connectivity index (χ4v) is 6.18. The largest absolute Gasteiger partial charge is 0.294 e. The zero-order valence-electron chi connectivity index (χ0n) is 23.0. The molecule has 0 N–H and O–H groups in total. The van der Waals surface area contributed by atoms with Crippen molar-refractivity contribution in [3.63, 3.8) is 0 Å². The van der Waals surface area contributed by atoms with Crippen LogP contribution < -0.4 is 0 Å². The van der Waals surface area contributed by atoms with E-state index in [2.05, 4.69) is 117 Å². The van der Waals surface area contributed by atoms with Gasteiger partial charge in [-0.3, -0.25) is 8.97 Å². The predicted molar refractivity (Wildman–Crippen MR) is 173 cm³/mol. The summed E-state index contributed by atoms with van der Waals surface area (Å²) in [5.41, 5.74) is 9.96. The van der Waals surface area contributed by atoms with Crippen molar-refractivity contribution in [3.05, 3.63) is 146 Å². The molecule has 0 saturated heterocycles. The lowest BCUT2D eigenvalue weighted by Crippen LogP contribution is -2.04. The topological polar surface area (TPSA) is 52.9 Å². The molecule has 202 valence electrons. The molecule has 0 unspecified atom stereocenters. The first-order chi connectivity index (χ1) is 21.3. The minimum Gasteiger partial charge on any atom is -0.294 e. The maximum atomic E-state index is 5.33. The van der Waals surface area contributed by atoms with Crippen molar-refractivity contribution in [2.75, 3.05) is 0 Å². The van der Waals surface area contributed by atoms with Gasteiger partial charge in [0.1, 0.15) is 5.52 Å². The Balaban J connectivity index is 1.42. The molecule has 0 saturated carbocycles. The predicted octanol–water partition coefficient (Wildman–Crippen LogP) is 8.50. The summed E-state index contributed by atoms with van der Waals surface area (Å²) in [5, 5.41) is 1.10. The number of imidazole rings is 2. The molecule has 9 aromatic rings. The lowest BCUT2D eigenvalue weighted by atomic mass is 10.1. The third kappa shape index (κ3) is 3.57. The van der Waals surface area contributed by atoms with Gasteiger partial charge in [-0.25, -0.2) is 19.5 Å². The first-order valence-electron chi connectivity index (χ1n) is 14.3. The molecule has 0 aliphatic heterocycles. The lowest BCUT2D eigenvalue weighted by Gasteiger charge is -2.10. The van der Waals surface area contributed by atoms with Crippen LogP contribution in [-0.4, -0.2) is 28.5 Å². The molecule has 0 fully saturated rings. The summed E-state index contributed by atoms with van der Waals surface area (Å²) in [6.45, 7) is 0. The Bertz CT molecular complexity index is 2380. The van der Waals surface area contributed by atoms with Crippen LogP contribution >= 0.6 is 0 Å². The summed E-state index contributed by atoms with van der Waals surface area (Å²) in [5.74, 6) is 1.35. The van der Waals surface area contributed by atoms with Gasteiger partial charge in [0, 0.05) is 22.2 Å². The molecule has 4 heterocycles. The number of benzene rings is 5. The average Bonchev–Trinajstić information content (AvgIpc) is 3.71. The molecular weight excluding hydrogens is 528 g/mol. The standard InChI is InChI=1S/C37H24N6/c1-4-14-25(15-5-1)29-24-30(26-16-6-2-7-17-26)39-36(38-29)43-33-23-13-12-22-32(33)42-35-34(40-37(42)43)28-20-10-11-21-31(28)41(35)27-18-8-3-9-19-27/h1-24H.